The number of likely N-dealkylation sites (tertiary alicyclic amines) is 1. The highest BCUT2D eigenvalue weighted by Gasteiger charge is 2.22. The second-order valence-corrected chi connectivity index (χ2v) is 6.20. The normalized spacial score (nSPS) is 24.2. The van der Waals surface area contributed by atoms with E-state index in [0.717, 1.165) is 11.8 Å². The fourth-order valence-electron chi connectivity index (χ4n) is 3.30. The minimum atomic E-state index is 0. The molecule has 0 amide bonds. The molecule has 18 heavy (non-hydrogen) atoms. The molecule has 0 aromatic rings. The molecule has 3 nitrogen and oxygen atoms in total. The first-order valence-electron chi connectivity index (χ1n) is 7.32. The first-order valence-corrected chi connectivity index (χ1v) is 7.32. The van der Waals surface area contributed by atoms with Crippen LogP contribution in [0.25, 0.3) is 0 Å². The van der Waals surface area contributed by atoms with Gasteiger partial charge in [0.1, 0.15) is 0 Å². The third-order valence-electron chi connectivity index (χ3n) is 4.31. The summed E-state index contributed by atoms with van der Waals surface area (Å²) in [5.41, 5.74) is 0. The molecule has 2 aliphatic rings. The van der Waals surface area contributed by atoms with Crippen LogP contribution in [-0.4, -0.2) is 63.2 Å². The minimum Gasteiger partial charge on any atom is -0.317 e. The number of nitrogens with one attached hydrogen (secondary N) is 1. The average molecular weight is 276 g/mol. The topological polar surface area (TPSA) is 18.5 Å². The Morgan fingerprint density at radius 2 is 1.61 bits per heavy atom. The van der Waals surface area contributed by atoms with E-state index >= 15 is 0 Å². The standard InChI is InChI=1S/C14H29N3.ClH/c1-16(2)11-14-5-9-17(10-6-14)12-13-3-7-15-8-4-13;/h13-15H,3-12H2,1-2H3;1H. The van der Waals surface area contributed by atoms with Gasteiger partial charge in [-0.25, -0.2) is 0 Å². The highest BCUT2D eigenvalue weighted by Crippen LogP contribution is 2.21. The van der Waals surface area contributed by atoms with Crippen LogP contribution < -0.4 is 5.32 Å². The van der Waals surface area contributed by atoms with Crippen molar-refractivity contribution in [3.63, 3.8) is 0 Å². The Morgan fingerprint density at radius 1 is 1.00 bits per heavy atom. The fraction of sp³-hybridized carbons (Fsp3) is 1.00. The van der Waals surface area contributed by atoms with Crippen molar-refractivity contribution in [2.75, 3.05) is 53.4 Å². The van der Waals surface area contributed by atoms with Crippen LogP contribution in [0.1, 0.15) is 25.7 Å². The van der Waals surface area contributed by atoms with Crippen molar-refractivity contribution in [3.05, 3.63) is 0 Å². The monoisotopic (exact) mass is 275 g/mol. The molecule has 2 rings (SSSR count). The molecule has 0 aliphatic carbocycles. The lowest BCUT2D eigenvalue weighted by molar-refractivity contribution is 0.135. The van der Waals surface area contributed by atoms with Gasteiger partial charge in [0.05, 0.1) is 0 Å². The molecule has 0 spiro atoms. The summed E-state index contributed by atoms with van der Waals surface area (Å²) < 4.78 is 0. The van der Waals surface area contributed by atoms with Crippen molar-refractivity contribution < 1.29 is 0 Å². The lowest BCUT2D eigenvalue weighted by Crippen LogP contribution is -2.41. The molecule has 2 saturated heterocycles. The van der Waals surface area contributed by atoms with Gasteiger partial charge in [0.2, 0.25) is 0 Å². The predicted octanol–water partition coefficient (Wildman–Crippen LogP) is 1.68. The van der Waals surface area contributed by atoms with Crippen LogP contribution in [0.3, 0.4) is 0 Å². The van der Waals surface area contributed by atoms with Gasteiger partial charge in [-0.05, 0) is 77.8 Å². The Hall–Kier alpha value is 0.170. The van der Waals surface area contributed by atoms with E-state index in [4.69, 9.17) is 0 Å². The van der Waals surface area contributed by atoms with E-state index in [2.05, 4.69) is 29.2 Å². The van der Waals surface area contributed by atoms with Crippen LogP contribution in [0, 0.1) is 11.8 Å². The van der Waals surface area contributed by atoms with E-state index in [1.807, 2.05) is 0 Å². The number of nitrogens with zero attached hydrogens (tertiary/aromatic N) is 2. The number of piperidine rings is 2. The summed E-state index contributed by atoms with van der Waals surface area (Å²) in [5, 5.41) is 3.46. The molecular formula is C14H30ClN3. The summed E-state index contributed by atoms with van der Waals surface area (Å²) in [4.78, 5) is 5.05. The summed E-state index contributed by atoms with van der Waals surface area (Å²) in [6.07, 6.45) is 5.58. The van der Waals surface area contributed by atoms with Crippen LogP contribution in [-0.2, 0) is 0 Å². The molecule has 0 unspecified atom stereocenters. The average Bonchev–Trinajstić information content (AvgIpc) is 2.32. The Morgan fingerprint density at radius 3 is 2.17 bits per heavy atom. The fourth-order valence-corrected chi connectivity index (χ4v) is 3.30. The first kappa shape index (κ1) is 16.2. The van der Waals surface area contributed by atoms with E-state index in [1.165, 1.54) is 65.0 Å². The first-order chi connectivity index (χ1) is 8.24. The molecule has 108 valence electrons. The zero-order valence-electron chi connectivity index (χ0n) is 12.0. The summed E-state index contributed by atoms with van der Waals surface area (Å²) in [7, 11) is 4.39. The molecule has 2 fully saturated rings. The van der Waals surface area contributed by atoms with Gasteiger partial charge in [-0.1, -0.05) is 0 Å². The summed E-state index contributed by atoms with van der Waals surface area (Å²) in [6, 6.07) is 0. The molecular weight excluding hydrogens is 246 g/mol. The SMILES string of the molecule is CN(C)CC1CCN(CC2CCNCC2)CC1.Cl. The molecule has 0 aromatic heterocycles. The van der Waals surface area contributed by atoms with Crippen molar-refractivity contribution in [3.8, 4) is 0 Å². The van der Waals surface area contributed by atoms with Gasteiger partial charge in [0, 0.05) is 13.1 Å². The summed E-state index contributed by atoms with van der Waals surface area (Å²) >= 11 is 0. The zero-order chi connectivity index (χ0) is 12.1. The molecule has 0 radical (unpaired) electrons. The van der Waals surface area contributed by atoms with Crippen LogP contribution >= 0.6 is 12.4 Å². The van der Waals surface area contributed by atoms with E-state index in [0.29, 0.717) is 0 Å². The van der Waals surface area contributed by atoms with Crippen molar-refractivity contribution in [1.82, 2.24) is 15.1 Å². The second kappa shape index (κ2) is 8.36. The van der Waals surface area contributed by atoms with E-state index in [-0.39, 0.29) is 12.4 Å². The lowest BCUT2D eigenvalue weighted by atomic mass is 9.93. The highest BCUT2D eigenvalue weighted by molar-refractivity contribution is 5.85. The molecule has 4 heteroatoms. The van der Waals surface area contributed by atoms with Crippen LogP contribution in [0.2, 0.25) is 0 Å². The van der Waals surface area contributed by atoms with Crippen LogP contribution in [0.4, 0.5) is 0 Å². The predicted molar refractivity (Wildman–Crippen MR) is 80.6 cm³/mol. The van der Waals surface area contributed by atoms with Crippen LogP contribution in [0.5, 0.6) is 0 Å². The second-order valence-electron chi connectivity index (χ2n) is 6.20. The molecule has 0 atom stereocenters. The molecule has 0 bridgehead atoms. The summed E-state index contributed by atoms with van der Waals surface area (Å²) in [5.74, 6) is 1.90. The van der Waals surface area contributed by atoms with E-state index < -0.39 is 0 Å². The minimum absolute atomic E-state index is 0. The molecule has 2 aliphatic heterocycles. The molecule has 2 heterocycles. The smallest absolute Gasteiger partial charge is 0.00106 e. The lowest BCUT2D eigenvalue weighted by Gasteiger charge is -2.36. The molecule has 1 N–H and O–H groups in total. The van der Waals surface area contributed by atoms with E-state index in [1.54, 1.807) is 0 Å². The number of hydrogen-bond acceptors (Lipinski definition) is 3. The maximum absolute atomic E-state index is 3.46. The van der Waals surface area contributed by atoms with E-state index in [9.17, 15) is 0 Å². The maximum atomic E-state index is 3.46. The van der Waals surface area contributed by atoms with Gasteiger partial charge in [-0.15, -0.1) is 12.4 Å². The van der Waals surface area contributed by atoms with Crippen molar-refractivity contribution in [1.29, 1.82) is 0 Å². The summed E-state index contributed by atoms with van der Waals surface area (Å²) in [6.45, 7) is 7.78. The number of rotatable bonds is 4. The molecule has 0 saturated carbocycles. The Bertz CT molecular complexity index is 209. The maximum Gasteiger partial charge on any atom is 0.00106 e. The quantitative estimate of drug-likeness (QED) is 0.842. The zero-order valence-corrected chi connectivity index (χ0v) is 12.8. The van der Waals surface area contributed by atoms with Crippen molar-refractivity contribution in [2.45, 2.75) is 25.7 Å². The van der Waals surface area contributed by atoms with Crippen molar-refractivity contribution >= 4 is 12.4 Å². The van der Waals surface area contributed by atoms with Gasteiger partial charge in [0.25, 0.3) is 0 Å². The third-order valence-corrected chi connectivity index (χ3v) is 4.31. The Balaban J connectivity index is 0.00000162. The van der Waals surface area contributed by atoms with Crippen molar-refractivity contribution in [2.24, 2.45) is 11.8 Å². The number of hydrogen-bond donors (Lipinski definition) is 1. The number of halogens is 1. The Labute approximate surface area is 119 Å². The van der Waals surface area contributed by atoms with Gasteiger partial charge >= 0.3 is 0 Å². The van der Waals surface area contributed by atoms with Gasteiger partial charge < -0.3 is 15.1 Å². The van der Waals surface area contributed by atoms with Crippen LogP contribution in [0.15, 0.2) is 0 Å². The van der Waals surface area contributed by atoms with Gasteiger partial charge in [-0.2, -0.15) is 0 Å². The highest BCUT2D eigenvalue weighted by atomic mass is 35.5. The Kier molecular flexibility index (Phi) is 7.54. The van der Waals surface area contributed by atoms with Gasteiger partial charge in [0.15, 0.2) is 0 Å². The third kappa shape index (κ3) is 5.43. The van der Waals surface area contributed by atoms with Gasteiger partial charge in [-0.3, -0.25) is 0 Å². The molecule has 0 aromatic carbocycles. The largest absolute Gasteiger partial charge is 0.317 e.